The molecule has 0 aromatic heterocycles. The average Bonchev–Trinajstić information content (AvgIpc) is 3.13. The molecule has 5 atom stereocenters. The maximum Gasteiger partial charge on any atom is 0.188 e. The van der Waals surface area contributed by atoms with Crippen LogP contribution in [0.15, 0.2) is 18.2 Å². The van der Waals surface area contributed by atoms with Crippen molar-refractivity contribution in [3.63, 3.8) is 0 Å². The van der Waals surface area contributed by atoms with E-state index < -0.39 is 11.9 Å². The highest BCUT2D eigenvalue weighted by Crippen LogP contribution is 2.49. The molecule has 2 aliphatic rings. The molecule has 1 aromatic carbocycles. The third-order valence-electron chi connectivity index (χ3n) is 4.68. The van der Waals surface area contributed by atoms with Gasteiger partial charge in [0.1, 0.15) is 11.6 Å². The highest BCUT2D eigenvalue weighted by Gasteiger charge is 2.52. The van der Waals surface area contributed by atoms with E-state index in [9.17, 15) is 14.6 Å². The topological polar surface area (TPSA) is 68.2 Å². The van der Waals surface area contributed by atoms with E-state index in [0.717, 1.165) is 12.8 Å². The smallest absolute Gasteiger partial charge is 0.188 e. The number of hydrogen-bond acceptors (Lipinski definition) is 5. The van der Waals surface area contributed by atoms with Crippen LogP contribution in [0.4, 0.5) is 4.39 Å². The summed E-state index contributed by atoms with van der Waals surface area (Å²) in [5, 5.41) is 20.4. The Balaban J connectivity index is 1.87. The Morgan fingerprint density at radius 3 is 2.86 bits per heavy atom. The third-order valence-corrected chi connectivity index (χ3v) is 4.68. The van der Waals surface area contributed by atoms with Gasteiger partial charge in [-0.25, -0.2) is 4.39 Å². The number of fused-ring (bicyclic) bond motifs is 2. The molecule has 3 rings (SSSR count). The molecular formula is C16H21FO5. The van der Waals surface area contributed by atoms with Gasteiger partial charge in [-0.3, -0.25) is 0 Å². The molecule has 0 spiro atoms. The Labute approximate surface area is 128 Å². The highest BCUT2D eigenvalue weighted by atomic mass is 19.1. The normalized spacial score (nSPS) is 31.5. The first-order chi connectivity index (χ1) is 10.7. The van der Waals surface area contributed by atoms with Crippen molar-refractivity contribution in [1.82, 2.24) is 0 Å². The highest BCUT2D eigenvalue weighted by molar-refractivity contribution is 5.36. The van der Waals surface area contributed by atoms with E-state index >= 15 is 0 Å². The van der Waals surface area contributed by atoms with Crippen LogP contribution in [0.2, 0.25) is 0 Å². The van der Waals surface area contributed by atoms with Crippen LogP contribution < -0.4 is 4.74 Å². The fourth-order valence-electron chi connectivity index (χ4n) is 3.70. The van der Waals surface area contributed by atoms with Crippen LogP contribution in [0.1, 0.15) is 24.5 Å². The zero-order valence-corrected chi connectivity index (χ0v) is 12.4. The van der Waals surface area contributed by atoms with E-state index in [2.05, 4.69) is 0 Å². The average molecular weight is 312 g/mol. The van der Waals surface area contributed by atoms with Gasteiger partial charge in [0.05, 0.1) is 18.3 Å². The molecule has 4 unspecified atom stereocenters. The molecule has 2 aliphatic heterocycles. The summed E-state index contributed by atoms with van der Waals surface area (Å²) >= 11 is 0. The number of ether oxygens (including phenoxy) is 3. The molecule has 22 heavy (non-hydrogen) atoms. The molecule has 2 saturated heterocycles. The molecule has 0 aliphatic carbocycles. The summed E-state index contributed by atoms with van der Waals surface area (Å²) in [6.07, 6.45) is 0.680. The fraction of sp³-hybridized carbons (Fsp3) is 0.625. The van der Waals surface area contributed by atoms with Crippen LogP contribution in [0.5, 0.6) is 5.75 Å². The lowest BCUT2D eigenvalue weighted by Gasteiger charge is -2.31. The van der Waals surface area contributed by atoms with Crippen LogP contribution in [0.3, 0.4) is 0 Å². The molecule has 6 heteroatoms. The molecular weight excluding hydrogens is 291 g/mol. The van der Waals surface area contributed by atoms with Gasteiger partial charge in [-0.1, -0.05) is 0 Å². The first-order valence-electron chi connectivity index (χ1n) is 7.51. The number of aliphatic hydroxyl groups is 2. The van der Waals surface area contributed by atoms with Crippen molar-refractivity contribution in [2.45, 2.75) is 31.2 Å². The minimum atomic E-state index is -0.949. The van der Waals surface area contributed by atoms with Gasteiger partial charge in [0.2, 0.25) is 0 Å². The van der Waals surface area contributed by atoms with Crippen molar-refractivity contribution in [3.05, 3.63) is 29.6 Å². The summed E-state index contributed by atoms with van der Waals surface area (Å²) in [5.41, 5.74) is 0.372. The number of rotatable bonds is 6. The predicted molar refractivity (Wildman–Crippen MR) is 75.8 cm³/mol. The monoisotopic (exact) mass is 312 g/mol. The van der Waals surface area contributed by atoms with Gasteiger partial charge in [-0.15, -0.1) is 0 Å². The van der Waals surface area contributed by atoms with Crippen LogP contribution in [0, 0.1) is 17.7 Å². The lowest BCUT2D eigenvalue weighted by molar-refractivity contribution is 0.0211. The van der Waals surface area contributed by atoms with Crippen molar-refractivity contribution < 1.29 is 28.8 Å². The fourth-order valence-corrected chi connectivity index (χ4v) is 3.70. The Morgan fingerprint density at radius 2 is 2.14 bits per heavy atom. The molecule has 0 amide bonds. The Hall–Kier alpha value is -1.21. The van der Waals surface area contributed by atoms with E-state index in [1.165, 1.54) is 25.3 Å². The number of aliphatic hydroxyl groups excluding tert-OH is 2. The first-order valence-corrected chi connectivity index (χ1v) is 7.51. The van der Waals surface area contributed by atoms with Gasteiger partial charge in [0.25, 0.3) is 0 Å². The molecule has 2 heterocycles. The quantitative estimate of drug-likeness (QED) is 0.782. The summed E-state index contributed by atoms with van der Waals surface area (Å²) in [6.45, 7) is -0.0333. The standard InChI is InChI=1S/C16H21FO5/c1-20-8-21-12-3-2-9(17)6-10(12)16(19)15-11(7-18)13-4-5-14(15)22-13/h2-3,6,11,13-16,18-19H,4-5,7-8H2,1H3/t11?,13?,14?,15?,16-/m1/s1. The Bertz CT molecular complexity index is 523. The lowest BCUT2D eigenvalue weighted by Crippen LogP contribution is -2.34. The number of hydrogen-bond donors (Lipinski definition) is 2. The maximum absolute atomic E-state index is 13.6. The molecule has 0 radical (unpaired) electrons. The van der Waals surface area contributed by atoms with E-state index in [1.807, 2.05) is 0 Å². The molecule has 2 bridgehead atoms. The maximum atomic E-state index is 13.6. The van der Waals surface area contributed by atoms with Crippen molar-refractivity contribution in [2.75, 3.05) is 20.5 Å². The number of methoxy groups -OCH3 is 1. The van der Waals surface area contributed by atoms with Crippen molar-refractivity contribution in [2.24, 2.45) is 11.8 Å². The van der Waals surface area contributed by atoms with Gasteiger partial charge in [-0.2, -0.15) is 0 Å². The Kier molecular flexibility index (Phi) is 4.63. The number of halogens is 1. The Morgan fingerprint density at radius 1 is 1.36 bits per heavy atom. The van der Waals surface area contributed by atoms with Crippen LogP contribution in [-0.2, 0) is 9.47 Å². The SMILES string of the molecule is COCOc1ccc(F)cc1[C@@H](O)C1C2CCC(O2)C1CO. The summed E-state index contributed by atoms with van der Waals surface area (Å²) in [6, 6.07) is 4.03. The molecule has 122 valence electrons. The minimum absolute atomic E-state index is 0.0159. The second-order valence-corrected chi connectivity index (χ2v) is 5.89. The van der Waals surface area contributed by atoms with E-state index in [0.29, 0.717) is 11.3 Å². The van der Waals surface area contributed by atoms with Crippen LogP contribution >= 0.6 is 0 Å². The number of benzene rings is 1. The van der Waals surface area contributed by atoms with E-state index in [4.69, 9.17) is 14.2 Å². The minimum Gasteiger partial charge on any atom is -0.467 e. The molecule has 2 fully saturated rings. The molecule has 1 aromatic rings. The van der Waals surface area contributed by atoms with Gasteiger partial charge in [-0.05, 0) is 31.0 Å². The van der Waals surface area contributed by atoms with Crippen molar-refractivity contribution in [1.29, 1.82) is 0 Å². The lowest BCUT2D eigenvalue weighted by atomic mass is 9.75. The first kappa shape index (κ1) is 15.7. The summed E-state index contributed by atoms with van der Waals surface area (Å²) in [7, 11) is 1.49. The van der Waals surface area contributed by atoms with Gasteiger partial charge in [0.15, 0.2) is 6.79 Å². The van der Waals surface area contributed by atoms with E-state index in [1.54, 1.807) is 0 Å². The molecule has 0 saturated carbocycles. The second kappa shape index (κ2) is 6.50. The zero-order chi connectivity index (χ0) is 15.7. The largest absolute Gasteiger partial charge is 0.467 e. The van der Waals surface area contributed by atoms with Crippen molar-refractivity contribution >= 4 is 0 Å². The predicted octanol–water partition coefficient (Wildman–Crippen LogP) is 1.63. The van der Waals surface area contributed by atoms with Crippen molar-refractivity contribution in [3.8, 4) is 5.75 Å². The summed E-state index contributed by atoms with van der Waals surface area (Å²) in [4.78, 5) is 0. The van der Waals surface area contributed by atoms with Gasteiger partial charge in [0, 0.05) is 31.1 Å². The molecule has 5 nitrogen and oxygen atoms in total. The summed E-state index contributed by atoms with van der Waals surface area (Å²) in [5.74, 6) is -0.443. The van der Waals surface area contributed by atoms with Gasteiger partial charge >= 0.3 is 0 Å². The summed E-state index contributed by atoms with van der Waals surface area (Å²) < 4.78 is 29.7. The second-order valence-electron chi connectivity index (χ2n) is 5.89. The van der Waals surface area contributed by atoms with E-state index in [-0.39, 0.29) is 37.4 Å². The zero-order valence-electron chi connectivity index (χ0n) is 12.4. The van der Waals surface area contributed by atoms with Gasteiger partial charge < -0.3 is 24.4 Å². The van der Waals surface area contributed by atoms with Crippen LogP contribution in [-0.4, -0.2) is 42.9 Å². The third kappa shape index (κ3) is 2.72. The van der Waals surface area contributed by atoms with Crippen LogP contribution in [0.25, 0.3) is 0 Å². The molecule has 2 N–H and O–H groups in total.